The van der Waals surface area contributed by atoms with Gasteiger partial charge in [0.05, 0.1) is 13.2 Å². The average molecular weight is 253 g/mol. The van der Waals surface area contributed by atoms with Gasteiger partial charge in [-0.1, -0.05) is 6.07 Å². The molecule has 4 heteroatoms. The van der Waals surface area contributed by atoms with E-state index in [9.17, 15) is 4.39 Å². The van der Waals surface area contributed by atoms with Crippen molar-refractivity contribution in [1.29, 1.82) is 0 Å². The Bertz CT molecular complexity index is 384. The Morgan fingerprint density at radius 3 is 3.11 bits per heavy atom. The molecule has 0 amide bonds. The second kappa shape index (κ2) is 6.83. The topological polar surface area (TPSA) is 41.5 Å². The van der Waals surface area contributed by atoms with Crippen LogP contribution in [0.15, 0.2) is 18.2 Å². The summed E-state index contributed by atoms with van der Waals surface area (Å²) in [4.78, 5) is 0. The standard InChI is InChI=1S/C14H20FNO2/c15-12-3-4-13-11(10-12)2-5-14(13)16-6-1-8-18-9-7-17/h3-4,10,14,16-17H,1-2,5-9H2. The Morgan fingerprint density at radius 2 is 2.28 bits per heavy atom. The number of halogens is 1. The maximum Gasteiger partial charge on any atom is 0.123 e. The van der Waals surface area contributed by atoms with Crippen LogP contribution in [-0.2, 0) is 11.2 Å². The summed E-state index contributed by atoms with van der Waals surface area (Å²) in [5, 5.41) is 12.0. The number of aliphatic hydroxyl groups is 1. The van der Waals surface area contributed by atoms with Gasteiger partial charge in [0, 0.05) is 12.6 Å². The Hall–Kier alpha value is -0.970. The monoisotopic (exact) mass is 253 g/mol. The molecule has 0 saturated carbocycles. The zero-order valence-electron chi connectivity index (χ0n) is 10.5. The fraction of sp³-hybridized carbons (Fsp3) is 0.571. The fourth-order valence-corrected chi connectivity index (χ4v) is 2.42. The van der Waals surface area contributed by atoms with E-state index in [4.69, 9.17) is 9.84 Å². The summed E-state index contributed by atoms with van der Waals surface area (Å²) in [5.74, 6) is -0.146. The van der Waals surface area contributed by atoms with Gasteiger partial charge >= 0.3 is 0 Å². The summed E-state index contributed by atoms with van der Waals surface area (Å²) in [6.07, 6.45) is 2.91. The molecule has 0 aliphatic heterocycles. The first kappa shape index (κ1) is 13.5. The molecule has 0 spiro atoms. The molecule has 1 aromatic rings. The van der Waals surface area contributed by atoms with E-state index in [1.54, 1.807) is 6.07 Å². The van der Waals surface area contributed by atoms with Gasteiger partial charge < -0.3 is 15.2 Å². The molecule has 0 aromatic heterocycles. The molecule has 0 radical (unpaired) electrons. The second-order valence-corrected chi connectivity index (χ2v) is 4.58. The van der Waals surface area contributed by atoms with Crippen LogP contribution in [-0.4, -0.2) is 31.5 Å². The molecule has 1 aliphatic carbocycles. The highest BCUT2D eigenvalue weighted by Crippen LogP contribution is 2.31. The van der Waals surface area contributed by atoms with Crippen LogP contribution in [0, 0.1) is 5.82 Å². The lowest BCUT2D eigenvalue weighted by Crippen LogP contribution is -2.21. The lowest BCUT2D eigenvalue weighted by atomic mass is 10.1. The molecular weight excluding hydrogens is 233 g/mol. The Morgan fingerprint density at radius 1 is 1.39 bits per heavy atom. The summed E-state index contributed by atoms with van der Waals surface area (Å²) < 4.78 is 18.2. The molecule has 1 atom stereocenters. The van der Waals surface area contributed by atoms with Crippen molar-refractivity contribution in [2.24, 2.45) is 0 Å². The zero-order chi connectivity index (χ0) is 12.8. The average Bonchev–Trinajstić information content (AvgIpc) is 2.76. The van der Waals surface area contributed by atoms with Gasteiger partial charge in [0.25, 0.3) is 0 Å². The van der Waals surface area contributed by atoms with Crippen molar-refractivity contribution < 1.29 is 14.2 Å². The van der Waals surface area contributed by atoms with Gasteiger partial charge in [-0.3, -0.25) is 0 Å². The minimum atomic E-state index is -0.146. The smallest absolute Gasteiger partial charge is 0.123 e. The molecule has 100 valence electrons. The van der Waals surface area contributed by atoms with Crippen LogP contribution in [0.25, 0.3) is 0 Å². The molecule has 1 aliphatic rings. The number of aryl methyl sites for hydroxylation is 1. The first-order valence-electron chi connectivity index (χ1n) is 6.51. The van der Waals surface area contributed by atoms with Crippen molar-refractivity contribution in [3.8, 4) is 0 Å². The molecular formula is C14H20FNO2. The van der Waals surface area contributed by atoms with Gasteiger partial charge in [0.1, 0.15) is 5.82 Å². The fourth-order valence-electron chi connectivity index (χ4n) is 2.42. The number of hydrogen-bond donors (Lipinski definition) is 2. The maximum absolute atomic E-state index is 13.1. The zero-order valence-corrected chi connectivity index (χ0v) is 10.5. The summed E-state index contributed by atoms with van der Waals surface area (Å²) >= 11 is 0. The van der Waals surface area contributed by atoms with Gasteiger partial charge in [0.2, 0.25) is 0 Å². The Kier molecular flexibility index (Phi) is 5.11. The molecule has 2 N–H and O–H groups in total. The summed E-state index contributed by atoms with van der Waals surface area (Å²) in [7, 11) is 0. The van der Waals surface area contributed by atoms with E-state index in [-0.39, 0.29) is 12.4 Å². The van der Waals surface area contributed by atoms with Gasteiger partial charge in [-0.05, 0) is 49.1 Å². The summed E-state index contributed by atoms with van der Waals surface area (Å²) in [6.45, 7) is 2.03. The van der Waals surface area contributed by atoms with E-state index in [2.05, 4.69) is 5.32 Å². The van der Waals surface area contributed by atoms with Crippen molar-refractivity contribution >= 4 is 0 Å². The quantitative estimate of drug-likeness (QED) is 0.728. The van der Waals surface area contributed by atoms with Crippen molar-refractivity contribution in [2.45, 2.75) is 25.3 Å². The highest BCUT2D eigenvalue weighted by atomic mass is 19.1. The number of ether oxygens (including phenoxy) is 1. The van der Waals surface area contributed by atoms with Crippen LogP contribution in [0.1, 0.15) is 30.0 Å². The molecule has 0 heterocycles. The van der Waals surface area contributed by atoms with E-state index in [1.807, 2.05) is 6.07 Å². The van der Waals surface area contributed by atoms with Crippen LogP contribution in [0.3, 0.4) is 0 Å². The van der Waals surface area contributed by atoms with Crippen molar-refractivity contribution in [1.82, 2.24) is 5.32 Å². The summed E-state index contributed by atoms with van der Waals surface area (Å²) in [5.41, 5.74) is 2.36. The molecule has 1 aromatic carbocycles. The van der Waals surface area contributed by atoms with Gasteiger partial charge in [-0.25, -0.2) is 4.39 Å². The van der Waals surface area contributed by atoms with Crippen LogP contribution in [0.2, 0.25) is 0 Å². The van der Waals surface area contributed by atoms with Crippen molar-refractivity contribution in [3.63, 3.8) is 0 Å². The molecule has 0 bridgehead atoms. The van der Waals surface area contributed by atoms with E-state index in [0.29, 0.717) is 19.3 Å². The number of aliphatic hydroxyl groups excluding tert-OH is 1. The van der Waals surface area contributed by atoms with E-state index < -0.39 is 0 Å². The SMILES string of the molecule is OCCOCCCNC1CCc2cc(F)ccc21. The van der Waals surface area contributed by atoms with Crippen molar-refractivity contribution in [3.05, 3.63) is 35.1 Å². The van der Waals surface area contributed by atoms with Gasteiger partial charge in [-0.15, -0.1) is 0 Å². The molecule has 1 unspecified atom stereocenters. The normalized spacial score (nSPS) is 18.0. The number of fused-ring (bicyclic) bond motifs is 1. The van der Waals surface area contributed by atoms with Crippen molar-refractivity contribution in [2.75, 3.05) is 26.4 Å². The molecule has 0 saturated heterocycles. The minimum Gasteiger partial charge on any atom is -0.394 e. The predicted molar refractivity (Wildman–Crippen MR) is 68.0 cm³/mol. The molecule has 2 rings (SSSR count). The van der Waals surface area contributed by atoms with E-state index in [1.165, 1.54) is 11.6 Å². The number of benzene rings is 1. The Labute approximate surface area is 107 Å². The second-order valence-electron chi connectivity index (χ2n) is 4.58. The lowest BCUT2D eigenvalue weighted by Gasteiger charge is -2.14. The number of nitrogens with one attached hydrogen (secondary N) is 1. The first-order chi connectivity index (χ1) is 8.81. The van der Waals surface area contributed by atoms with Crippen LogP contribution in [0.4, 0.5) is 4.39 Å². The maximum atomic E-state index is 13.1. The van der Waals surface area contributed by atoms with Crippen LogP contribution >= 0.6 is 0 Å². The minimum absolute atomic E-state index is 0.0784. The Balaban J connectivity index is 1.73. The van der Waals surface area contributed by atoms with E-state index in [0.717, 1.165) is 31.4 Å². The van der Waals surface area contributed by atoms with Gasteiger partial charge in [-0.2, -0.15) is 0 Å². The highest BCUT2D eigenvalue weighted by Gasteiger charge is 2.21. The number of hydrogen-bond acceptors (Lipinski definition) is 3. The molecule has 0 fully saturated rings. The summed E-state index contributed by atoms with van der Waals surface area (Å²) in [6, 6.07) is 5.40. The molecule has 18 heavy (non-hydrogen) atoms. The molecule has 3 nitrogen and oxygen atoms in total. The predicted octanol–water partition coefficient (Wildman–Crippen LogP) is 1.80. The van der Waals surface area contributed by atoms with Crippen LogP contribution in [0.5, 0.6) is 0 Å². The van der Waals surface area contributed by atoms with Gasteiger partial charge in [0.15, 0.2) is 0 Å². The lowest BCUT2D eigenvalue weighted by molar-refractivity contribution is 0.0904. The van der Waals surface area contributed by atoms with Crippen LogP contribution < -0.4 is 5.32 Å². The largest absolute Gasteiger partial charge is 0.394 e. The van der Waals surface area contributed by atoms with E-state index >= 15 is 0 Å². The number of rotatable bonds is 7. The third kappa shape index (κ3) is 3.51. The third-order valence-corrected chi connectivity index (χ3v) is 3.27. The highest BCUT2D eigenvalue weighted by molar-refractivity contribution is 5.34. The third-order valence-electron chi connectivity index (χ3n) is 3.27. The first-order valence-corrected chi connectivity index (χ1v) is 6.51.